The van der Waals surface area contributed by atoms with Gasteiger partial charge < -0.3 is 16.2 Å². The summed E-state index contributed by atoms with van der Waals surface area (Å²) in [6, 6.07) is 5.79. The van der Waals surface area contributed by atoms with Crippen LogP contribution >= 0.6 is 11.3 Å². The summed E-state index contributed by atoms with van der Waals surface area (Å²) in [5, 5.41) is 19.9. The summed E-state index contributed by atoms with van der Waals surface area (Å²) >= 11 is 1.29. The fraction of sp³-hybridized carbons (Fsp3) is 0.286. The van der Waals surface area contributed by atoms with Crippen LogP contribution in [0.25, 0.3) is 16.1 Å². The summed E-state index contributed by atoms with van der Waals surface area (Å²) in [6.45, 7) is 1.15. The van der Waals surface area contributed by atoms with Crippen molar-refractivity contribution in [3.8, 4) is 16.1 Å². The lowest BCUT2D eigenvalue weighted by molar-refractivity contribution is -0.192. The second kappa shape index (κ2) is 11.0. The lowest BCUT2D eigenvalue weighted by atomic mass is 9.95. The molecular weight excluding hydrogens is 527 g/mol. The molecular formula is C21H19F5N6O4S. The number of alkyl halides is 3. The largest absolute Gasteiger partial charge is 0.490 e. The Kier molecular flexibility index (Phi) is 8.22. The van der Waals surface area contributed by atoms with E-state index in [1.54, 1.807) is 6.07 Å². The van der Waals surface area contributed by atoms with Gasteiger partial charge in [-0.15, -0.1) is 11.3 Å². The number of rotatable bonds is 5. The van der Waals surface area contributed by atoms with E-state index >= 15 is 0 Å². The minimum absolute atomic E-state index is 0.0129. The van der Waals surface area contributed by atoms with E-state index in [0.29, 0.717) is 17.8 Å². The molecule has 4 N–H and O–H groups in total. The number of benzene rings is 1. The van der Waals surface area contributed by atoms with E-state index in [2.05, 4.69) is 15.7 Å². The molecule has 0 unspecified atom stereocenters. The Bertz CT molecular complexity index is 1420. The van der Waals surface area contributed by atoms with Crippen molar-refractivity contribution in [1.82, 2.24) is 19.8 Å². The maximum Gasteiger partial charge on any atom is 0.490 e. The minimum atomic E-state index is -5.08. The van der Waals surface area contributed by atoms with E-state index in [0.717, 1.165) is 37.3 Å². The highest BCUT2D eigenvalue weighted by Crippen LogP contribution is 2.34. The number of nitrogens with one attached hydrogen (secondary N) is 1. The van der Waals surface area contributed by atoms with E-state index in [1.165, 1.54) is 11.3 Å². The molecule has 3 heterocycles. The first-order chi connectivity index (χ1) is 17.3. The number of carbonyl (C=O) groups excluding carboxylic acids is 1. The first-order valence-corrected chi connectivity index (χ1v) is 11.3. The summed E-state index contributed by atoms with van der Waals surface area (Å²) in [6.07, 6.45) is -5.89. The van der Waals surface area contributed by atoms with E-state index < -0.39 is 30.5 Å². The Morgan fingerprint density at radius 1 is 1.16 bits per heavy atom. The molecule has 1 amide bonds. The van der Waals surface area contributed by atoms with Gasteiger partial charge in [0, 0.05) is 29.6 Å². The van der Waals surface area contributed by atoms with E-state index in [-0.39, 0.29) is 18.0 Å². The first kappa shape index (κ1) is 27.7. The van der Waals surface area contributed by atoms with Gasteiger partial charge in [-0.05, 0) is 64.2 Å². The Balaban J connectivity index is 0.000000479. The zero-order chi connectivity index (χ0) is 27.5. The van der Waals surface area contributed by atoms with Gasteiger partial charge in [-0.1, -0.05) is 0 Å². The van der Waals surface area contributed by atoms with Crippen molar-refractivity contribution in [2.75, 3.05) is 11.9 Å². The molecule has 0 saturated heterocycles. The topological polar surface area (TPSA) is 145 Å². The van der Waals surface area contributed by atoms with Crippen LogP contribution in [0.1, 0.15) is 17.5 Å². The predicted molar refractivity (Wildman–Crippen MR) is 123 cm³/mol. The molecule has 0 radical (unpaired) electrons. The number of carboxylic acid groups (broad SMARTS) is 1. The molecule has 198 valence electrons. The number of nitrogens with zero attached hydrogens (tertiary/aromatic N) is 4. The number of carbonyl (C=O) groups is 2. The lowest BCUT2D eigenvalue weighted by Crippen LogP contribution is -2.26. The van der Waals surface area contributed by atoms with Gasteiger partial charge in [0.2, 0.25) is 5.91 Å². The first-order valence-electron chi connectivity index (χ1n) is 10.4. The Morgan fingerprint density at radius 2 is 1.84 bits per heavy atom. The van der Waals surface area contributed by atoms with Crippen LogP contribution in [0.3, 0.4) is 0 Å². The second-order valence-electron chi connectivity index (χ2n) is 7.75. The number of anilines is 1. The molecule has 1 aliphatic rings. The fourth-order valence-electron chi connectivity index (χ4n) is 3.33. The molecule has 2 aromatic heterocycles. The van der Waals surface area contributed by atoms with Gasteiger partial charge in [-0.25, -0.2) is 9.59 Å². The number of hydrogen-bond donors (Lipinski definition) is 3. The van der Waals surface area contributed by atoms with Crippen molar-refractivity contribution in [3.63, 3.8) is 0 Å². The van der Waals surface area contributed by atoms with Crippen LogP contribution in [0.4, 0.5) is 27.6 Å². The van der Waals surface area contributed by atoms with Crippen molar-refractivity contribution in [3.05, 3.63) is 56.8 Å². The van der Waals surface area contributed by atoms with Crippen molar-refractivity contribution in [1.29, 1.82) is 0 Å². The molecule has 0 bridgehead atoms. The van der Waals surface area contributed by atoms with Crippen LogP contribution in [0.5, 0.6) is 0 Å². The number of halogens is 5. The van der Waals surface area contributed by atoms with Gasteiger partial charge >= 0.3 is 17.8 Å². The molecule has 16 heteroatoms. The summed E-state index contributed by atoms with van der Waals surface area (Å²) in [5.41, 5.74) is 9.02. The number of nitrogens with two attached hydrogens (primary N) is 1. The number of amides is 1. The molecule has 0 saturated carbocycles. The monoisotopic (exact) mass is 546 g/mol. The van der Waals surface area contributed by atoms with Crippen LogP contribution in [-0.2, 0) is 22.6 Å². The molecule has 0 spiro atoms. The van der Waals surface area contributed by atoms with Gasteiger partial charge in [0.1, 0.15) is 5.00 Å². The summed E-state index contributed by atoms with van der Waals surface area (Å²) in [7, 11) is 0. The molecule has 37 heavy (non-hydrogen) atoms. The highest BCUT2D eigenvalue weighted by atomic mass is 32.1. The van der Waals surface area contributed by atoms with Gasteiger partial charge in [0.25, 0.3) is 6.08 Å². The van der Waals surface area contributed by atoms with Gasteiger partial charge in [0.15, 0.2) is 0 Å². The van der Waals surface area contributed by atoms with Crippen molar-refractivity contribution < 1.29 is 36.6 Å². The van der Waals surface area contributed by atoms with Crippen LogP contribution in [0.2, 0.25) is 0 Å². The molecule has 0 aliphatic carbocycles. The molecule has 0 atom stereocenters. The summed E-state index contributed by atoms with van der Waals surface area (Å²) < 4.78 is 59.3. The number of aromatic nitrogens is 4. The average molecular weight is 546 g/mol. The summed E-state index contributed by atoms with van der Waals surface area (Å²) in [4.78, 5) is 33.1. The number of aliphatic carboxylic acids is 1. The molecule has 10 nitrogen and oxygen atoms in total. The highest BCUT2D eigenvalue weighted by molar-refractivity contribution is 7.13. The number of aryl methyl sites for hydroxylation is 2. The third kappa shape index (κ3) is 6.45. The maximum atomic E-state index is 12.8. The van der Waals surface area contributed by atoms with Crippen LogP contribution in [-0.4, -0.2) is 49.5 Å². The minimum Gasteiger partial charge on any atom is -0.475 e. The van der Waals surface area contributed by atoms with Crippen molar-refractivity contribution in [2.24, 2.45) is 5.73 Å². The zero-order valence-electron chi connectivity index (χ0n) is 19.0. The standard InChI is InChI=1S/C19H18F2N6O2S.C2HF3O2/c1-10-4-12(5-11-2-3-15(28)23-17(10)11)13-6-16(30-9-13)27-19(29)26(24-25-27)8-14(7-22)18(20)21;3-2(4,5)1(6)7/h4-6,9H,2-3,7-8,22H2,1H3,(H,23,28);(H,6,7). The van der Waals surface area contributed by atoms with Crippen LogP contribution < -0.4 is 16.7 Å². The molecule has 3 aromatic rings. The normalized spacial score (nSPS) is 12.8. The third-order valence-electron chi connectivity index (χ3n) is 5.17. The lowest BCUT2D eigenvalue weighted by Gasteiger charge is -2.20. The van der Waals surface area contributed by atoms with Crippen LogP contribution in [0, 0.1) is 6.92 Å². The quantitative estimate of drug-likeness (QED) is 0.417. The fourth-order valence-corrected chi connectivity index (χ4v) is 4.20. The number of hydrogen-bond acceptors (Lipinski definition) is 7. The van der Waals surface area contributed by atoms with E-state index in [9.17, 15) is 31.5 Å². The number of fused-ring (bicyclic) bond motifs is 1. The number of tetrazole rings is 1. The van der Waals surface area contributed by atoms with Gasteiger partial charge in [-0.3, -0.25) is 4.79 Å². The molecule has 1 aliphatic heterocycles. The SMILES string of the molecule is Cc1cc(-c2csc(-n3nnn(CC(CN)=C(F)F)c3=O)c2)cc2c1NC(=O)CC2.O=C(O)C(F)(F)F. The second-order valence-corrected chi connectivity index (χ2v) is 8.64. The molecule has 1 aromatic carbocycles. The van der Waals surface area contributed by atoms with E-state index in [1.807, 2.05) is 24.4 Å². The van der Waals surface area contributed by atoms with Gasteiger partial charge in [-0.2, -0.15) is 31.3 Å². The smallest absolute Gasteiger partial charge is 0.475 e. The Morgan fingerprint density at radius 3 is 2.43 bits per heavy atom. The predicted octanol–water partition coefficient (Wildman–Crippen LogP) is 3.09. The maximum absolute atomic E-state index is 12.8. The number of carboxylic acids is 1. The zero-order valence-corrected chi connectivity index (χ0v) is 19.8. The van der Waals surface area contributed by atoms with E-state index in [4.69, 9.17) is 15.6 Å². The third-order valence-corrected chi connectivity index (χ3v) is 6.07. The van der Waals surface area contributed by atoms with Crippen LogP contribution in [0.15, 0.2) is 40.0 Å². The average Bonchev–Trinajstić information content (AvgIpc) is 3.44. The van der Waals surface area contributed by atoms with Gasteiger partial charge in [0.05, 0.1) is 6.54 Å². The Hall–Kier alpha value is -3.92. The van der Waals surface area contributed by atoms with Crippen molar-refractivity contribution in [2.45, 2.75) is 32.5 Å². The summed E-state index contributed by atoms with van der Waals surface area (Å²) in [5.74, 6) is -2.74. The Labute approximate surface area is 208 Å². The molecule has 0 fully saturated rings. The van der Waals surface area contributed by atoms with Crippen molar-refractivity contribution >= 4 is 28.9 Å². The highest BCUT2D eigenvalue weighted by Gasteiger charge is 2.38. The molecule has 4 rings (SSSR count). The number of thiophene rings is 1.